The fourth-order valence-corrected chi connectivity index (χ4v) is 3.73. The van der Waals surface area contributed by atoms with E-state index in [1.54, 1.807) is 24.3 Å². The van der Waals surface area contributed by atoms with E-state index in [0.29, 0.717) is 23.8 Å². The number of unbranched alkanes of at least 4 members (excludes halogenated alkanes) is 2. The van der Waals surface area contributed by atoms with Crippen LogP contribution >= 0.6 is 0 Å². The molecule has 1 aliphatic rings. The molecule has 0 radical (unpaired) electrons. The van der Waals surface area contributed by atoms with Gasteiger partial charge in [0, 0.05) is 12.2 Å². The molecule has 0 amide bonds. The van der Waals surface area contributed by atoms with Gasteiger partial charge in [0.2, 0.25) is 5.82 Å². The van der Waals surface area contributed by atoms with Crippen molar-refractivity contribution in [2.75, 3.05) is 20.3 Å². The smallest absolute Gasteiger partial charge is 0.201 e. The van der Waals surface area contributed by atoms with Crippen LogP contribution in [0.1, 0.15) is 45.4 Å². The summed E-state index contributed by atoms with van der Waals surface area (Å²) in [6.45, 7) is 3.55. The van der Waals surface area contributed by atoms with E-state index in [1.165, 1.54) is 51.3 Å². The number of hydrogen-bond donors (Lipinski definition) is 0. The van der Waals surface area contributed by atoms with Gasteiger partial charge in [0.05, 0.1) is 13.2 Å². The van der Waals surface area contributed by atoms with Crippen molar-refractivity contribution in [2.45, 2.75) is 51.6 Å². The molecule has 1 saturated heterocycles. The Hall–Kier alpha value is -2.14. The fraction of sp³-hybridized carbons (Fsp3) is 0.500. The van der Waals surface area contributed by atoms with Crippen molar-refractivity contribution in [3.8, 4) is 22.6 Å². The van der Waals surface area contributed by atoms with Crippen LogP contribution in [-0.4, -0.2) is 26.4 Å². The summed E-state index contributed by atoms with van der Waals surface area (Å²) < 4.78 is 44.8. The first-order valence-electron chi connectivity index (χ1n) is 10.5. The Morgan fingerprint density at radius 3 is 2.45 bits per heavy atom. The maximum absolute atomic E-state index is 14.3. The standard InChI is InChI=1S/C24H30F2O3/c1-3-4-5-6-17-7-10-20(28-15-17)16-29-19-11-8-18(9-12-19)21-13-14-22(27-2)24(26)23(21)25/h8-9,11-14,17,20H,3-7,10,15-16H2,1-2H3. The second kappa shape index (κ2) is 10.6. The van der Waals surface area contributed by atoms with Crippen LogP contribution in [0.5, 0.6) is 11.5 Å². The summed E-state index contributed by atoms with van der Waals surface area (Å²) in [4.78, 5) is 0. The molecule has 0 aliphatic carbocycles. The second-order valence-electron chi connectivity index (χ2n) is 7.67. The summed E-state index contributed by atoms with van der Waals surface area (Å²) in [6, 6.07) is 9.94. The molecule has 3 rings (SSSR count). The molecule has 0 aromatic heterocycles. The van der Waals surface area contributed by atoms with E-state index in [0.717, 1.165) is 13.0 Å². The zero-order valence-corrected chi connectivity index (χ0v) is 17.3. The van der Waals surface area contributed by atoms with E-state index >= 15 is 0 Å². The van der Waals surface area contributed by atoms with Gasteiger partial charge in [-0.2, -0.15) is 4.39 Å². The molecule has 2 aromatic carbocycles. The number of halogens is 2. The number of benzene rings is 2. The Labute approximate surface area is 172 Å². The minimum absolute atomic E-state index is 0.105. The third kappa shape index (κ3) is 5.69. The molecule has 0 bridgehead atoms. The van der Waals surface area contributed by atoms with Gasteiger partial charge in [-0.25, -0.2) is 4.39 Å². The first-order chi connectivity index (χ1) is 14.1. The van der Waals surface area contributed by atoms with Crippen molar-refractivity contribution >= 4 is 0 Å². The Bertz CT molecular complexity index is 768. The molecule has 1 aliphatic heterocycles. The lowest BCUT2D eigenvalue weighted by Crippen LogP contribution is -2.30. The average Bonchev–Trinajstić information content (AvgIpc) is 2.76. The summed E-state index contributed by atoms with van der Waals surface area (Å²) in [5.41, 5.74) is 0.778. The highest BCUT2D eigenvalue weighted by molar-refractivity contribution is 5.66. The van der Waals surface area contributed by atoms with Crippen molar-refractivity contribution in [3.63, 3.8) is 0 Å². The second-order valence-corrected chi connectivity index (χ2v) is 7.67. The summed E-state index contributed by atoms with van der Waals surface area (Å²) in [5.74, 6) is -0.630. The van der Waals surface area contributed by atoms with Crippen LogP contribution in [-0.2, 0) is 4.74 Å². The van der Waals surface area contributed by atoms with E-state index in [1.807, 2.05) is 0 Å². The minimum atomic E-state index is -0.979. The number of methoxy groups -OCH3 is 1. The summed E-state index contributed by atoms with van der Waals surface area (Å²) in [5, 5.41) is 0. The summed E-state index contributed by atoms with van der Waals surface area (Å²) in [7, 11) is 1.31. The first kappa shape index (κ1) is 21.6. The molecule has 158 valence electrons. The molecule has 2 atom stereocenters. The van der Waals surface area contributed by atoms with Gasteiger partial charge in [-0.15, -0.1) is 0 Å². The van der Waals surface area contributed by atoms with Gasteiger partial charge in [0.1, 0.15) is 12.4 Å². The van der Waals surface area contributed by atoms with Gasteiger partial charge >= 0.3 is 0 Å². The molecule has 0 spiro atoms. The van der Waals surface area contributed by atoms with Crippen LogP contribution in [0.4, 0.5) is 8.78 Å². The molecule has 1 heterocycles. The number of ether oxygens (including phenoxy) is 3. The highest BCUT2D eigenvalue weighted by Crippen LogP contribution is 2.31. The third-order valence-electron chi connectivity index (χ3n) is 5.55. The molecule has 1 fully saturated rings. The normalized spacial score (nSPS) is 19.2. The third-order valence-corrected chi connectivity index (χ3v) is 5.55. The van der Waals surface area contributed by atoms with Gasteiger partial charge in [0.25, 0.3) is 0 Å². The maximum atomic E-state index is 14.3. The van der Waals surface area contributed by atoms with Gasteiger partial charge in [-0.1, -0.05) is 38.3 Å². The van der Waals surface area contributed by atoms with Crippen LogP contribution in [0, 0.1) is 17.6 Å². The minimum Gasteiger partial charge on any atom is -0.494 e. The van der Waals surface area contributed by atoms with Crippen LogP contribution in [0.15, 0.2) is 36.4 Å². The van der Waals surface area contributed by atoms with Crippen molar-refractivity contribution in [1.29, 1.82) is 0 Å². The maximum Gasteiger partial charge on any atom is 0.201 e. The van der Waals surface area contributed by atoms with Crippen LogP contribution < -0.4 is 9.47 Å². The topological polar surface area (TPSA) is 27.7 Å². The highest BCUT2D eigenvalue weighted by Gasteiger charge is 2.22. The summed E-state index contributed by atoms with van der Waals surface area (Å²) in [6.07, 6.45) is 7.42. The molecule has 3 nitrogen and oxygen atoms in total. The van der Waals surface area contributed by atoms with E-state index in [-0.39, 0.29) is 17.4 Å². The largest absolute Gasteiger partial charge is 0.494 e. The molecular formula is C24H30F2O3. The predicted molar refractivity (Wildman–Crippen MR) is 110 cm³/mol. The van der Waals surface area contributed by atoms with Crippen molar-refractivity contribution in [2.24, 2.45) is 5.92 Å². The van der Waals surface area contributed by atoms with E-state index in [9.17, 15) is 8.78 Å². The molecule has 0 saturated carbocycles. The van der Waals surface area contributed by atoms with Crippen molar-refractivity contribution in [1.82, 2.24) is 0 Å². The summed E-state index contributed by atoms with van der Waals surface area (Å²) >= 11 is 0. The fourth-order valence-electron chi connectivity index (χ4n) is 3.73. The monoisotopic (exact) mass is 404 g/mol. The van der Waals surface area contributed by atoms with Crippen LogP contribution in [0.25, 0.3) is 11.1 Å². The zero-order chi connectivity index (χ0) is 20.6. The lowest BCUT2D eigenvalue weighted by Gasteiger charge is -2.29. The first-order valence-corrected chi connectivity index (χ1v) is 10.5. The quantitative estimate of drug-likeness (QED) is 0.453. The molecular weight excluding hydrogens is 374 g/mol. The lowest BCUT2D eigenvalue weighted by atomic mass is 9.93. The Morgan fingerprint density at radius 1 is 1.00 bits per heavy atom. The molecule has 2 aromatic rings. The van der Waals surface area contributed by atoms with Gasteiger partial charge in [-0.05, 0) is 55.0 Å². The number of rotatable bonds is 9. The zero-order valence-electron chi connectivity index (χ0n) is 17.3. The molecule has 0 N–H and O–H groups in total. The van der Waals surface area contributed by atoms with E-state index in [2.05, 4.69) is 6.92 Å². The molecule has 2 unspecified atom stereocenters. The average molecular weight is 404 g/mol. The Balaban J connectivity index is 1.50. The van der Waals surface area contributed by atoms with Gasteiger partial charge in [0.15, 0.2) is 11.6 Å². The van der Waals surface area contributed by atoms with Crippen LogP contribution in [0.2, 0.25) is 0 Å². The predicted octanol–water partition coefficient (Wildman–Crippen LogP) is 6.39. The lowest BCUT2D eigenvalue weighted by molar-refractivity contribution is -0.0394. The number of hydrogen-bond acceptors (Lipinski definition) is 3. The SMILES string of the molecule is CCCCCC1CCC(COc2ccc(-c3ccc(OC)c(F)c3F)cc2)OC1. The van der Waals surface area contributed by atoms with Gasteiger partial charge in [-0.3, -0.25) is 0 Å². The molecule has 5 heteroatoms. The Kier molecular flexibility index (Phi) is 7.87. The highest BCUT2D eigenvalue weighted by atomic mass is 19.2. The van der Waals surface area contributed by atoms with Crippen molar-refractivity contribution in [3.05, 3.63) is 48.0 Å². The van der Waals surface area contributed by atoms with Gasteiger partial charge < -0.3 is 14.2 Å². The van der Waals surface area contributed by atoms with E-state index < -0.39 is 11.6 Å². The molecule has 29 heavy (non-hydrogen) atoms. The van der Waals surface area contributed by atoms with Crippen LogP contribution in [0.3, 0.4) is 0 Å². The van der Waals surface area contributed by atoms with E-state index in [4.69, 9.17) is 14.2 Å². The van der Waals surface area contributed by atoms with Crippen molar-refractivity contribution < 1.29 is 23.0 Å². The Morgan fingerprint density at radius 2 is 1.79 bits per heavy atom.